The van der Waals surface area contributed by atoms with E-state index in [4.69, 9.17) is 0 Å². The molecule has 3 rings (SSSR count). The number of carbonyl (C=O) groups is 1. The van der Waals surface area contributed by atoms with E-state index in [2.05, 4.69) is 20.2 Å². The quantitative estimate of drug-likeness (QED) is 0.600. The van der Waals surface area contributed by atoms with E-state index in [0.29, 0.717) is 5.56 Å². The highest BCUT2D eigenvalue weighted by molar-refractivity contribution is 7.91. The highest BCUT2D eigenvalue weighted by atomic mass is 32.2. The van der Waals surface area contributed by atoms with Gasteiger partial charge in [-0.3, -0.25) is 10.1 Å². The number of hydrogen-bond acceptors (Lipinski definition) is 6. The number of nitrogens with one attached hydrogen (secondary N) is 2. The molecule has 3 aromatic rings. The topological polar surface area (TPSA) is 101 Å². The summed E-state index contributed by atoms with van der Waals surface area (Å²) < 4.78 is 27.6. The lowest BCUT2D eigenvalue weighted by Crippen LogP contribution is -2.27. The van der Waals surface area contributed by atoms with E-state index >= 15 is 0 Å². The molecule has 7 nitrogen and oxygen atoms in total. The van der Waals surface area contributed by atoms with Gasteiger partial charge in [-0.05, 0) is 44.0 Å². The van der Waals surface area contributed by atoms with Gasteiger partial charge in [0, 0.05) is 11.6 Å². The molecule has 0 aliphatic heterocycles. The van der Waals surface area contributed by atoms with Crippen LogP contribution in [-0.2, 0) is 10.0 Å². The molecule has 2 N–H and O–H groups in total. The lowest BCUT2D eigenvalue weighted by Gasteiger charge is -2.15. The monoisotopic (exact) mass is 416 g/mol. The van der Waals surface area contributed by atoms with E-state index < -0.39 is 16.1 Å². The number of benzene rings is 2. The van der Waals surface area contributed by atoms with Crippen molar-refractivity contribution < 1.29 is 13.2 Å². The fourth-order valence-electron chi connectivity index (χ4n) is 2.66. The number of sulfonamides is 1. The highest BCUT2D eigenvalue weighted by Crippen LogP contribution is 2.24. The van der Waals surface area contributed by atoms with Crippen LogP contribution in [-0.4, -0.2) is 24.5 Å². The highest BCUT2D eigenvalue weighted by Gasteiger charge is 2.24. The maximum atomic E-state index is 12.6. The van der Waals surface area contributed by atoms with Crippen molar-refractivity contribution >= 4 is 32.4 Å². The number of nitrogens with zero attached hydrogens (tertiary/aromatic N) is 2. The minimum Gasteiger partial charge on any atom is -0.296 e. The van der Waals surface area contributed by atoms with Crippen LogP contribution in [0, 0.1) is 13.8 Å². The Hall–Kier alpha value is -2.62. The molecular weight excluding hydrogens is 396 g/mol. The largest absolute Gasteiger partial charge is 0.296 e. The van der Waals surface area contributed by atoms with Crippen molar-refractivity contribution in [3.05, 3.63) is 70.8 Å². The van der Waals surface area contributed by atoms with Gasteiger partial charge in [0.15, 0.2) is 0 Å². The van der Waals surface area contributed by atoms with E-state index in [-0.39, 0.29) is 15.4 Å². The molecule has 146 valence electrons. The molecule has 0 saturated carbocycles. The predicted octanol–water partition coefficient (Wildman–Crippen LogP) is 3.45. The summed E-state index contributed by atoms with van der Waals surface area (Å²) in [5.74, 6) is -0.374. The lowest BCUT2D eigenvalue weighted by atomic mass is 10.0. The summed E-state index contributed by atoms with van der Waals surface area (Å²) in [5.41, 5.74) is 3.36. The Labute approximate surface area is 167 Å². The minimum absolute atomic E-state index is 0.120. The summed E-state index contributed by atoms with van der Waals surface area (Å²) in [6.45, 7) is 5.61. The standard InChI is InChI=1S/C19H20N4O3S2/c1-12-8-10-15(11-9-12)17(24)20-18-21-22-19(27-18)28(25,26)23-14(3)16-7-5-4-6-13(16)2/h4-11,14,23H,1-3H3,(H,20,21,24). The fraction of sp³-hybridized carbons (Fsp3) is 0.211. The van der Waals surface area contributed by atoms with Crippen molar-refractivity contribution in [2.75, 3.05) is 5.32 Å². The molecule has 0 aliphatic rings. The molecule has 0 bridgehead atoms. The van der Waals surface area contributed by atoms with Crippen LogP contribution in [0.2, 0.25) is 0 Å². The van der Waals surface area contributed by atoms with E-state index in [9.17, 15) is 13.2 Å². The molecule has 2 aromatic carbocycles. The third-order valence-electron chi connectivity index (χ3n) is 4.16. The average molecular weight is 417 g/mol. The first-order valence-electron chi connectivity index (χ1n) is 8.55. The molecule has 0 saturated heterocycles. The molecular formula is C19H20N4O3S2. The molecule has 1 heterocycles. The molecule has 1 unspecified atom stereocenters. The summed E-state index contributed by atoms with van der Waals surface area (Å²) >= 11 is 0.803. The lowest BCUT2D eigenvalue weighted by molar-refractivity contribution is 0.102. The summed E-state index contributed by atoms with van der Waals surface area (Å²) in [6.07, 6.45) is 0. The maximum Gasteiger partial charge on any atom is 0.270 e. The van der Waals surface area contributed by atoms with E-state index in [0.717, 1.165) is 28.0 Å². The minimum atomic E-state index is -3.87. The van der Waals surface area contributed by atoms with Gasteiger partial charge in [0.1, 0.15) is 0 Å². The van der Waals surface area contributed by atoms with Crippen molar-refractivity contribution in [1.82, 2.24) is 14.9 Å². The SMILES string of the molecule is Cc1ccc(C(=O)Nc2nnc(S(=O)(=O)NC(C)c3ccccc3C)s2)cc1. The molecule has 28 heavy (non-hydrogen) atoms. The zero-order valence-corrected chi connectivity index (χ0v) is 17.3. The molecule has 1 amide bonds. The Morgan fingerprint density at radius 3 is 2.39 bits per heavy atom. The second-order valence-electron chi connectivity index (χ2n) is 6.39. The number of aromatic nitrogens is 2. The van der Waals surface area contributed by atoms with Gasteiger partial charge in [-0.15, -0.1) is 10.2 Å². The van der Waals surface area contributed by atoms with E-state index in [1.54, 1.807) is 19.1 Å². The van der Waals surface area contributed by atoms with Crippen LogP contribution < -0.4 is 10.0 Å². The van der Waals surface area contributed by atoms with Crippen LogP contribution >= 0.6 is 11.3 Å². The molecule has 0 fully saturated rings. The van der Waals surface area contributed by atoms with Crippen LogP contribution in [0.5, 0.6) is 0 Å². The molecule has 1 aromatic heterocycles. The first-order valence-corrected chi connectivity index (χ1v) is 10.9. The number of rotatable bonds is 6. The average Bonchev–Trinajstić information content (AvgIpc) is 3.11. The van der Waals surface area contributed by atoms with Gasteiger partial charge in [-0.25, -0.2) is 13.1 Å². The Balaban J connectivity index is 1.72. The van der Waals surface area contributed by atoms with Crippen LogP contribution in [0.4, 0.5) is 5.13 Å². The normalized spacial score (nSPS) is 12.5. The van der Waals surface area contributed by atoms with Crippen molar-refractivity contribution in [1.29, 1.82) is 0 Å². The third kappa shape index (κ3) is 4.61. The number of aryl methyl sites for hydroxylation is 2. The Kier molecular flexibility index (Phi) is 5.87. The van der Waals surface area contributed by atoms with Gasteiger partial charge >= 0.3 is 0 Å². The molecule has 0 spiro atoms. The van der Waals surface area contributed by atoms with Gasteiger partial charge in [-0.1, -0.05) is 53.3 Å². The number of amides is 1. The second-order valence-corrected chi connectivity index (χ2v) is 9.26. The second kappa shape index (κ2) is 8.17. The third-order valence-corrected chi connectivity index (χ3v) is 6.90. The summed E-state index contributed by atoms with van der Waals surface area (Å²) in [7, 11) is -3.87. The fourth-order valence-corrected chi connectivity index (χ4v) is 4.80. The Bertz CT molecular complexity index is 1090. The number of hydrogen-bond donors (Lipinski definition) is 2. The zero-order chi connectivity index (χ0) is 20.3. The van der Waals surface area contributed by atoms with Crippen LogP contribution in [0.15, 0.2) is 52.9 Å². The number of anilines is 1. The van der Waals surface area contributed by atoms with E-state index in [1.165, 1.54) is 0 Å². The molecule has 1 atom stereocenters. The summed E-state index contributed by atoms with van der Waals surface area (Å²) in [6, 6.07) is 14.1. The van der Waals surface area contributed by atoms with Gasteiger partial charge in [-0.2, -0.15) is 0 Å². The van der Waals surface area contributed by atoms with Crippen molar-refractivity contribution in [3.63, 3.8) is 0 Å². The first kappa shape index (κ1) is 20.1. The van der Waals surface area contributed by atoms with Gasteiger partial charge in [0.05, 0.1) is 0 Å². The van der Waals surface area contributed by atoms with Crippen LogP contribution in [0.25, 0.3) is 0 Å². The van der Waals surface area contributed by atoms with Crippen molar-refractivity contribution in [2.24, 2.45) is 0 Å². The Morgan fingerprint density at radius 2 is 1.71 bits per heavy atom. The zero-order valence-electron chi connectivity index (χ0n) is 15.6. The van der Waals surface area contributed by atoms with Gasteiger partial charge < -0.3 is 0 Å². The van der Waals surface area contributed by atoms with Gasteiger partial charge in [0.25, 0.3) is 15.9 Å². The smallest absolute Gasteiger partial charge is 0.270 e. The summed E-state index contributed by atoms with van der Waals surface area (Å²) in [5, 5.41) is 10.2. The molecule has 0 aliphatic carbocycles. The van der Waals surface area contributed by atoms with E-state index in [1.807, 2.05) is 50.2 Å². The summed E-state index contributed by atoms with van der Waals surface area (Å²) in [4.78, 5) is 12.2. The number of carbonyl (C=O) groups excluding carboxylic acids is 1. The molecule has 0 radical (unpaired) electrons. The van der Waals surface area contributed by atoms with Crippen molar-refractivity contribution in [3.8, 4) is 0 Å². The first-order chi connectivity index (χ1) is 13.3. The van der Waals surface area contributed by atoms with Crippen LogP contribution in [0.3, 0.4) is 0 Å². The maximum absolute atomic E-state index is 12.6. The Morgan fingerprint density at radius 1 is 1.04 bits per heavy atom. The van der Waals surface area contributed by atoms with Gasteiger partial charge in [0.2, 0.25) is 9.47 Å². The molecule has 9 heteroatoms. The van der Waals surface area contributed by atoms with Crippen molar-refractivity contribution in [2.45, 2.75) is 31.2 Å². The predicted molar refractivity (Wildman–Crippen MR) is 109 cm³/mol. The van der Waals surface area contributed by atoms with Crippen LogP contribution in [0.1, 0.15) is 40.0 Å².